The number of nitriles is 2. The van der Waals surface area contributed by atoms with Crippen molar-refractivity contribution in [3.63, 3.8) is 0 Å². The van der Waals surface area contributed by atoms with Gasteiger partial charge in [0.2, 0.25) is 5.71 Å². The predicted molar refractivity (Wildman–Crippen MR) is 77.3 cm³/mol. The minimum Gasteiger partial charge on any atom is -0.277 e. The molecule has 7 nitrogen and oxygen atoms in total. The molecular weight excluding hydrogens is 268 g/mol. The first-order chi connectivity index (χ1) is 10.1. The van der Waals surface area contributed by atoms with Crippen LogP contribution in [0.2, 0.25) is 0 Å². The van der Waals surface area contributed by atoms with Crippen LogP contribution < -0.4 is 11.0 Å². The van der Waals surface area contributed by atoms with Crippen molar-refractivity contribution in [2.24, 2.45) is 5.10 Å². The van der Waals surface area contributed by atoms with E-state index in [0.717, 1.165) is 11.1 Å². The van der Waals surface area contributed by atoms with Gasteiger partial charge in [0.1, 0.15) is 12.1 Å². The van der Waals surface area contributed by atoms with E-state index < -0.39 is 0 Å². The molecule has 2 rings (SSSR count). The molecule has 1 aromatic heterocycles. The molecule has 21 heavy (non-hydrogen) atoms. The number of aromatic amines is 1. The lowest BCUT2D eigenvalue weighted by molar-refractivity contribution is 0.981. The van der Waals surface area contributed by atoms with Gasteiger partial charge in [-0.1, -0.05) is 12.1 Å². The second-order valence-electron chi connectivity index (χ2n) is 4.14. The fourth-order valence-corrected chi connectivity index (χ4v) is 1.69. The summed E-state index contributed by atoms with van der Waals surface area (Å²) in [5.41, 5.74) is 5.03. The molecule has 0 aliphatic rings. The van der Waals surface area contributed by atoms with Crippen LogP contribution in [0.5, 0.6) is 0 Å². The summed E-state index contributed by atoms with van der Waals surface area (Å²) in [7, 11) is 0. The Labute approximate surface area is 120 Å². The lowest BCUT2D eigenvalue weighted by atomic mass is 10.1. The van der Waals surface area contributed by atoms with Crippen molar-refractivity contribution >= 4 is 11.4 Å². The smallest absolute Gasteiger partial charge is 0.264 e. The largest absolute Gasteiger partial charge is 0.277 e. The molecule has 0 fully saturated rings. The molecule has 0 amide bonds. The molecule has 0 saturated carbocycles. The van der Waals surface area contributed by atoms with Crippen molar-refractivity contribution in [2.45, 2.75) is 6.92 Å². The van der Waals surface area contributed by atoms with E-state index in [1.807, 2.05) is 0 Å². The molecule has 0 spiro atoms. The maximum atomic E-state index is 11.1. The average Bonchev–Trinajstić information content (AvgIpc) is 2.49. The monoisotopic (exact) mass is 278 g/mol. The SMILES string of the molecule is Cc1cc(=O)[nH]nc1-c1ccc(NN=C(C#N)C#N)cc1. The van der Waals surface area contributed by atoms with Crippen molar-refractivity contribution in [2.75, 3.05) is 5.43 Å². The van der Waals surface area contributed by atoms with Crippen molar-refractivity contribution in [3.8, 4) is 23.4 Å². The molecule has 0 atom stereocenters. The maximum Gasteiger partial charge on any atom is 0.264 e. The molecule has 0 bridgehead atoms. The number of benzene rings is 1. The zero-order valence-corrected chi connectivity index (χ0v) is 11.1. The van der Waals surface area contributed by atoms with E-state index >= 15 is 0 Å². The molecule has 1 aromatic carbocycles. The number of hydrogen-bond donors (Lipinski definition) is 2. The van der Waals surface area contributed by atoms with Crippen molar-refractivity contribution in [1.29, 1.82) is 10.5 Å². The lowest BCUT2D eigenvalue weighted by Crippen LogP contribution is -2.08. The minimum absolute atomic E-state index is 0.246. The van der Waals surface area contributed by atoms with E-state index in [1.165, 1.54) is 6.07 Å². The number of hydrazone groups is 1. The fraction of sp³-hybridized carbons (Fsp3) is 0.0714. The van der Waals surface area contributed by atoms with E-state index in [1.54, 1.807) is 43.3 Å². The maximum absolute atomic E-state index is 11.1. The van der Waals surface area contributed by atoms with Crippen LogP contribution >= 0.6 is 0 Å². The molecule has 2 N–H and O–H groups in total. The number of rotatable bonds is 3. The van der Waals surface area contributed by atoms with Crippen LogP contribution in [0.15, 0.2) is 40.2 Å². The van der Waals surface area contributed by atoms with Gasteiger partial charge in [0, 0.05) is 11.6 Å². The van der Waals surface area contributed by atoms with Gasteiger partial charge in [-0.2, -0.15) is 20.7 Å². The number of nitrogens with zero attached hydrogens (tertiary/aromatic N) is 4. The highest BCUT2D eigenvalue weighted by Crippen LogP contribution is 2.21. The summed E-state index contributed by atoms with van der Waals surface area (Å²) in [6.45, 7) is 1.81. The van der Waals surface area contributed by atoms with E-state index in [4.69, 9.17) is 10.5 Å². The summed E-state index contributed by atoms with van der Waals surface area (Å²) in [4.78, 5) is 11.1. The van der Waals surface area contributed by atoms with Crippen molar-refractivity contribution in [3.05, 3.63) is 46.2 Å². The molecule has 1 heterocycles. The lowest BCUT2D eigenvalue weighted by Gasteiger charge is -2.05. The number of aryl methyl sites for hydroxylation is 1. The average molecular weight is 278 g/mol. The summed E-state index contributed by atoms with van der Waals surface area (Å²) >= 11 is 0. The second kappa shape index (κ2) is 6.13. The number of aromatic nitrogens is 2. The van der Waals surface area contributed by atoms with E-state index in [0.29, 0.717) is 11.4 Å². The first kappa shape index (κ1) is 14.0. The molecular formula is C14H10N6O. The van der Waals surface area contributed by atoms with Crippen LogP contribution in [0.25, 0.3) is 11.3 Å². The summed E-state index contributed by atoms with van der Waals surface area (Å²) in [5, 5.41) is 27.2. The minimum atomic E-state index is -0.253. The Morgan fingerprint density at radius 1 is 1.29 bits per heavy atom. The Morgan fingerprint density at radius 3 is 2.52 bits per heavy atom. The molecule has 0 saturated heterocycles. The van der Waals surface area contributed by atoms with Gasteiger partial charge in [-0.25, -0.2) is 5.10 Å². The van der Waals surface area contributed by atoms with Gasteiger partial charge in [0.05, 0.1) is 11.4 Å². The molecule has 0 aliphatic carbocycles. The Hall–Kier alpha value is -3.45. The standard InChI is InChI=1S/C14H10N6O/c1-9-6-13(21)19-20-14(9)10-2-4-11(5-3-10)17-18-12(7-15)8-16/h2-6,17H,1H3,(H,19,21). The highest BCUT2D eigenvalue weighted by molar-refractivity contribution is 6.10. The first-order valence-electron chi connectivity index (χ1n) is 5.94. The van der Waals surface area contributed by atoms with Crippen LogP contribution in [0.4, 0.5) is 5.69 Å². The Bertz CT molecular complexity index is 804. The third kappa shape index (κ3) is 3.31. The zero-order valence-electron chi connectivity index (χ0n) is 11.1. The second-order valence-corrected chi connectivity index (χ2v) is 4.14. The van der Waals surface area contributed by atoms with Gasteiger partial charge < -0.3 is 0 Å². The summed E-state index contributed by atoms with van der Waals surface area (Å²) < 4.78 is 0. The zero-order chi connectivity index (χ0) is 15.2. The van der Waals surface area contributed by atoms with Gasteiger partial charge >= 0.3 is 0 Å². The van der Waals surface area contributed by atoms with Crippen LogP contribution in [-0.4, -0.2) is 15.9 Å². The highest BCUT2D eigenvalue weighted by atomic mass is 16.1. The van der Waals surface area contributed by atoms with Crippen LogP contribution in [0.1, 0.15) is 5.56 Å². The first-order valence-corrected chi connectivity index (χ1v) is 5.94. The Balaban J connectivity index is 2.24. The van der Waals surface area contributed by atoms with E-state index in [9.17, 15) is 4.79 Å². The number of hydrogen-bond acceptors (Lipinski definition) is 6. The Kier molecular flexibility index (Phi) is 4.08. The predicted octanol–water partition coefficient (Wildman–Crippen LogP) is 1.56. The van der Waals surface area contributed by atoms with Gasteiger partial charge in [0.25, 0.3) is 5.56 Å². The third-order valence-electron chi connectivity index (χ3n) is 2.67. The fourth-order valence-electron chi connectivity index (χ4n) is 1.69. The summed E-state index contributed by atoms with van der Waals surface area (Å²) in [6, 6.07) is 11.8. The number of nitrogens with one attached hydrogen (secondary N) is 2. The molecule has 0 aliphatic heterocycles. The molecule has 2 aromatic rings. The topological polar surface area (TPSA) is 118 Å². The summed E-state index contributed by atoms with van der Waals surface area (Å²) in [5.74, 6) is 0. The van der Waals surface area contributed by atoms with Crippen LogP contribution in [0, 0.1) is 29.6 Å². The molecule has 102 valence electrons. The molecule has 7 heteroatoms. The molecule has 0 radical (unpaired) electrons. The van der Waals surface area contributed by atoms with Gasteiger partial charge in [-0.15, -0.1) is 0 Å². The van der Waals surface area contributed by atoms with Gasteiger partial charge in [-0.3, -0.25) is 10.2 Å². The highest BCUT2D eigenvalue weighted by Gasteiger charge is 2.04. The number of H-pyrrole nitrogens is 1. The quantitative estimate of drug-likeness (QED) is 0.652. The molecule has 0 unspecified atom stereocenters. The Morgan fingerprint density at radius 2 is 1.95 bits per heavy atom. The van der Waals surface area contributed by atoms with Crippen LogP contribution in [-0.2, 0) is 0 Å². The number of anilines is 1. The van der Waals surface area contributed by atoms with Crippen molar-refractivity contribution < 1.29 is 0 Å². The van der Waals surface area contributed by atoms with Crippen molar-refractivity contribution in [1.82, 2.24) is 10.2 Å². The summed E-state index contributed by atoms with van der Waals surface area (Å²) in [6.07, 6.45) is 0. The third-order valence-corrected chi connectivity index (χ3v) is 2.67. The van der Waals surface area contributed by atoms with E-state index in [-0.39, 0.29) is 11.3 Å². The van der Waals surface area contributed by atoms with Gasteiger partial charge in [-0.05, 0) is 24.6 Å². The van der Waals surface area contributed by atoms with Gasteiger partial charge in [0.15, 0.2) is 0 Å². The van der Waals surface area contributed by atoms with Crippen LogP contribution in [0.3, 0.4) is 0 Å². The van der Waals surface area contributed by atoms with E-state index in [2.05, 4.69) is 20.7 Å². The normalized spacial score (nSPS) is 9.29.